The number of nitrogens with one attached hydrogen (secondary N) is 2. The molecule has 4 nitrogen and oxygen atoms in total. The number of anilines is 1. The molecule has 0 aromatic heterocycles. The van der Waals surface area contributed by atoms with Crippen LogP contribution < -0.4 is 15.4 Å². The lowest BCUT2D eigenvalue weighted by atomic mass is 10.1. The lowest BCUT2D eigenvalue weighted by Crippen LogP contribution is -2.34. The molecule has 0 unspecified atom stereocenters. The van der Waals surface area contributed by atoms with Gasteiger partial charge in [-0.1, -0.05) is 62.6 Å². The summed E-state index contributed by atoms with van der Waals surface area (Å²) in [4.78, 5) is 12.6. The van der Waals surface area contributed by atoms with E-state index in [1.54, 1.807) is 18.2 Å². The number of thiocarbonyl (C=S) groups is 1. The van der Waals surface area contributed by atoms with Gasteiger partial charge in [0.2, 0.25) is 0 Å². The van der Waals surface area contributed by atoms with Crippen molar-refractivity contribution in [3.05, 3.63) is 70.7 Å². The summed E-state index contributed by atoms with van der Waals surface area (Å²) in [5.74, 6) is 0.461. The minimum Gasteiger partial charge on any atom is -0.492 e. The lowest BCUT2D eigenvalue weighted by molar-refractivity contribution is 0.0977. The summed E-state index contributed by atoms with van der Waals surface area (Å²) in [6.07, 6.45) is 4.60. The van der Waals surface area contributed by atoms with Crippen LogP contribution in [0.4, 0.5) is 5.69 Å². The molecule has 0 saturated carbocycles. The number of carbonyl (C=O) groups is 1. The Labute approximate surface area is 191 Å². The van der Waals surface area contributed by atoms with Crippen molar-refractivity contribution in [2.24, 2.45) is 0 Å². The van der Waals surface area contributed by atoms with Gasteiger partial charge in [-0.2, -0.15) is 0 Å². The first-order chi connectivity index (χ1) is 14.6. The Bertz CT molecular complexity index is 1030. The third kappa shape index (κ3) is 6.03. The highest BCUT2D eigenvalue weighted by atomic mass is 79.9. The van der Waals surface area contributed by atoms with Crippen molar-refractivity contribution >= 4 is 55.6 Å². The maximum absolute atomic E-state index is 12.6. The van der Waals surface area contributed by atoms with E-state index in [2.05, 4.69) is 33.5 Å². The van der Waals surface area contributed by atoms with Gasteiger partial charge in [0, 0.05) is 16.6 Å². The predicted molar refractivity (Wildman–Crippen MR) is 131 cm³/mol. The lowest BCUT2D eigenvalue weighted by Gasteiger charge is -2.13. The number of halogens is 1. The van der Waals surface area contributed by atoms with Crippen LogP contribution in [0.25, 0.3) is 10.8 Å². The van der Waals surface area contributed by atoms with Crippen molar-refractivity contribution in [1.29, 1.82) is 0 Å². The molecule has 0 saturated heterocycles. The SMILES string of the molecule is CCCCCCOc1ccc(C(=O)NC(=S)Nc2cccc3ccccc23)cc1Br. The van der Waals surface area contributed by atoms with Gasteiger partial charge in [-0.05, 0) is 64.2 Å². The molecule has 0 atom stereocenters. The zero-order chi connectivity index (χ0) is 21.3. The third-order valence-corrected chi connectivity index (χ3v) is 5.54. The predicted octanol–water partition coefficient (Wildman–Crippen LogP) is 6.69. The second kappa shape index (κ2) is 11.1. The second-order valence-electron chi connectivity index (χ2n) is 6.99. The minimum atomic E-state index is -0.275. The minimum absolute atomic E-state index is 0.253. The zero-order valence-electron chi connectivity index (χ0n) is 16.9. The summed E-state index contributed by atoms with van der Waals surface area (Å²) < 4.78 is 6.55. The fourth-order valence-corrected chi connectivity index (χ4v) is 3.83. The second-order valence-corrected chi connectivity index (χ2v) is 8.25. The maximum Gasteiger partial charge on any atom is 0.257 e. The molecule has 30 heavy (non-hydrogen) atoms. The molecular formula is C24H25BrN2O2S. The smallest absolute Gasteiger partial charge is 0.257 e. The highest BCUT2D eigenvalue weighted by Crippen LogP contribution is 2.26. The molecule has 1 amide bonds. The number of carbonyl (C=O) groups excluding carboxylic acids is 1. The quantitative estimate of drug-likeness (QED) is 0.276. The summed E-state index contributed by atoms with van der Waals surface area (Å²) in [5.41, 5.74) is 1.36. The normalized spacial score (nSPS) is 10.6. The number of ether oxygens (including phenoxy) is 1. The van der Waals surface area contributed by atoms with Crippen LogP contribution in [-0.4, -0.2) is 17.6 Å². The first kappa shape index (κ1) is 22.2. The van der Waals surface area contributed by atoms with Gasteiger partial charge in [0.1, 0.15) is 5.75 Å². The molecular weight excluding hydrogens is 460 g/mol. The molecule has 2 N–H and O–H groups in total. The van der Waals surface area contributed by atoms with E-state index < -0.39 is 0 Å². The van der Waals surface area contributed by atoms with Gasteiger partial charge < -0.3 is 10.1 Å². The van der Waals surface area contributed by atoms with Crippen LogP contribution in [0.2, 0.25) is 0 Å². The Morgan fingerprint density at radius 1 is 1.03 bits per heavy atom. The van der Waals surface area contributed by atoms with Gasteiger partial charge in [-0.25, -0.2) is 0 Å². The van der Waals surface area contributed by atoms with Crippen LogP contribution in [-0.2, 0) is 0 Å². The van der Waals surface area contributed by atoms with Crippen molar-refractivity contribution in [3.63, 3.8) is 0 Å². The Balaban J connectivity index is 1.58. The summed E-state index contributed by atoms with van der Waals surface area (Å²) in [5, 5.41) is 8.26. The molecule has 0 fully saturated rings. The third-order valence-electron chi connectivity index (χ3n) is 4.71. The highest BCUT2D eigenvalue weighted by Gasteiger charge is 2.12. The van der Waals surface area contributed by atoms with Crippen LogP contribution in [0.5, 0.6) is 5.75 Å². The number of unbranched alkanes of at least 4 members (excludes halogenated alkanes) is 3. The standard InChI is InChI=1S/C24H25BrN2O2S/c1-2-3-4-7-15-29-22-14-13-18(16-20(22)25)23(28)27-24(30)26-21-12-8-10-17-9-5-6-11-19(17)21/h5-6,8-14,16H,2-4,7,15H2,1H3,(H2,26,27,28,30). The van der Waals surface area contributed by atoms with Crippen LogP contribution in [0.3, 0.4) is 0 Å². The summed E-state index contributed by atoms with van der Waals surface area (Å²) in [6, 6.07) is 19.2. The van der Waals surface area contributed by atoms with Gasteiger partial charge >= 0.3 is 0 Å². The van der Waals surface area contributed by atoms with E-state index in [1.807, 2.05) is 42.5 Å². The topological polar surface area (TPSA) is 50.4 Å². The van der Waals surface area contributed by atoms with Crippen molar-refractivity contribution in [3.8, 4) is 5.75 Å². The average molecular weight is 485 g/mol. The molecule has 0 aliphatic heterocycles. The molecule has 3 rings (SSSR count). The molecule has 6 heteroatoms. The van der Waals surface area contributed by atoms with Crippen LogP contribution in [0.15, 0.2) is 65.1 Å². The molecule has 3 aromatic carbocycles. The van der Waals surface area contributed by atoms with E-state index in [9.17, 15) is 4.79 Å². The zero-order valence-corrected chi connectivity index (χ0v) is 19.3. The van der Waals surface area contributed by atoms with Gasteiger partial charge in [-0.15, -0.1) is 0 Å². The fraction of sp³-hybridized carbons (Fsp3) is 0.250. The Hall–Kier alpha value is -2.44. The molecule has 3 aromatic rings. The van der Waals surface area contributed by atoms with Crippen molar-refractivity contribution < 1.29 is 9.53 Å². The van der Waals surface area contributed by atoms with Gasteiger partial charge in [0.15, 0.2) is 5.11 Å². The van der Waals surface area contributed by atoms with Crippen molar-refractivity contribution in [1.82, 2.24) is 5.32 Å². The van der Waals surface area contributed by atoms with Crippen LogP contribution in [0.1, 0.15) is 43.0 Å². The van der Waals surface area contributed by atoms with E-state index in [0.717, 1.165) is 39.5 Å². The van der Waals surface area contributed by atoms with Gasteiger partial charge in [0.25, 0.3) is 5.91 Å². The van der Waals surface area contributed by atoms with E-state index in [4.69, 9.17) is 17.0 Å². The van der Waals surface area contributed by atoms with Crippen LogP contribution in [0, 0.1) is 0 Å². The van der Waals surface area contributed by atoms with Gasteiger partial charge in [0.05, 0.1) is 11.1 Å². The average Bonchev–Trinajstić information content (AvgIpc) is 2.74. The Morgan fingerprint density at radius 2 is 1.83 bits per heavy atom. The van der Waals surface area contributed by atoms with E-state index in [-0.39, 0.29) is 11.0 Å². The monoisotopic (exact) mass is 484 g/mol. The Kier molecular flexibility index (Phi) is 8.22. The van der Waals surface area contributed by atoms with E-state index in [1.165, 1.54) is 12.8 Å². The molecule has 156 valence electrons. The van der Waals surface area contributed by atoms with E-state index >= 15 is 0 Å². The number of amides is 1. The summed E-state index contributed by atoms with van der Waals surface area (Å²) in [6.45, 7) is 2.85. The van der Waals surface area contributed by atoms with Crippen molar-refractivity contribution in [2.75, 3.05) is 11.9 Å². The number of hydrogen-bond acceptors (Lipinski definition) is 3. The largest absolute Gasteiger partial charge is 0.492 e. The summed E-state index contributed by atoms with van der Waals surface area (Å²) >= 11 is 8.84. The van der Waals surface area contributed by atoms with E-state index in [0.29, 0.717) is 12.2 Å². The number of hydrogen-bond donors (Lipinski definition) is 2. The van der Waals surface area contributed by atoms with Gasteiger partial charge in [-0.3, -0.25) is 10.1 Å². The number of benzene rings is 3. The summed E-state index contributed by atoms with van der Waals surface area (Å²) in [7, 11) is 0. The number of rotatable bonds is 8. The first-order valence-electron chi connectivity index (χ1n) is 10.1. The van der Waals surface area contributed by atoms with Crippen LogP contribution >= 0.6 is 28.1 Å². The molecule has 0 heterocycles. The first-order valence-corrected chi connectivity index (χ1v) is 11.3. The molecule has 0 aliphatic carbocycles. The molecule has 0 aliphatic rings. The number of fused-ring (bicyclic) bond motifs is 1. The van der Waals surface area contributed by atoms with Crippen molar-refractivity contribution in [2.45, 2.75) is 32.6 Å². The molecule has 0 radical (unpaired) electrons. The fourth-order valence-electron chi connectivity index (χ4n) is 3.13. The Morgan fingerprint density at radius 3 is 2.63 bits per heavy atom. The molecule has 0 bridgehead atoms. The maximum atomic E-state index is 12.6. The highest BCUT2D eigenvalue weighted by molar-refractivity contribution is 9.10. The molecule has 0 spiro atoms.